The van der Waals surface area contributed by atoms with Gasteiger partial charge in [-0.25, -0.2) is 12.8 Å². The van der Waals surface area contributed by atoms with E-state index in [-0.39, 0.29) is 17.3 Å². The number of carbonyl (C=O) groups excluding carboxylic acids is 1. The lowest BCUT2D eigenvalue weighted by Crippen LogP contribution is -2.44. The molecule has 0 saturated carbocycles. The second kappa shape index (κ2) is 8.82. The van der Waals surface area contributed by atoms with Crippen molar-refractivity contribution in [3.8, 4) is 0 Å². The van der Waals surface area contributed by atoms with E-state index >= 15 is 0 Å². The highest BCUT2D eigenvalue weighted by Crippen LogP contribution is 2.40. The smallest absolute Gasteiger partial charge is 0.310 e. The van der Waals surface area contributed by atoms with E-state index in [0.29, 0.717) is 17.8 Å². The predicted molar refractivity (Wildman–Crippen MR) is 124 cm³/mol. The van der Waals surface area contributed by atoms with Crippen molar-refractivity contribution in [2.45, 2.75) is 56.7 Å². The molecule has 0 radical (unpaired) electrons. The molecule has 1 heterocycles. The first-order valence-corrected chi connectivity index (χ1v) is 11.7. The van der Waals surface area contributed by atoms with Crippen LogP contribution in [0.1, 0.15) is 40.5 Å². The normalized spacial score (nSPS) is 18.0. The fourth-order valence-corrected chi connectivity index (χ4v) is 4.45. The second-order valence-corrected chi connectivity index (χ2v) is 10.4. The lowest BCUT2D eigenvalue weighted by atomic mass is 10.0. The minimum Gasteiger partial charge on any atom is -0.460 e. The Balaban J connectivity index is 1.81. The zero-order valence-corrected chi connectivity index (χ0v) is 19.3. The average molecular weight is 462 g/mol. The third kappa shape index (κ3) is 5.79. The van der Waals surface area contributed by atoms with Gasteiger partial charge < -0.3 is 15.4 Å². The van der Waals surface area contributed by atoms with E-state index in [0.717, 1.165) is 17.8 Å². The number of ether oxygens (including phenoxy) is 1. The molecular weight excluding hydrogens is 433 g/mol. The number of carbonyl (C=O) groups is 1. The highest BCUT2D eigenvalue weighted by Gasteiger charge is 2.39. The molecule has 1 aliphatic heterocycles. The van der Waals surface area contributed by atoms with Crippen LogP contribution in [-0.2, 0) is 19.6 Å². The van der Waals surface area contributed by atoms with Crippen molar-refractivity contribution in [1.82, 2.24) is 0 Å². The lowest BCUT2D eigenvalue weighted by molar-refractivity contribution is -0.155. The molecule has 0 bridgehead atoms. The molecule has 9 heteroatoms. The summed E-state index contributed by atoms with van der Waals surface area (Å²) < 4.78 is 46.4. The number of sulfonamides is 1. The number of esters is 1. The molecule has 2 aromatic rings. The molecule has 0 spiro atoms. The number of rotatable bonds is 7. The minimum atomic E-state index is -3.88. The lowest BCUT2D eigenvalue weighted by Gasteiger charge is -2.30. The van der Waals surface area contributed by atoms with Crippen LogP contribution in [-0.4, -0.2) is 25.7 Å². The molecule has 0 aromatic heterocycles. The second-order valence-electron chi connectivity index (χ2n) is 8.69. The Morgan fingerprint density at radius 1 is 1.12 bits per heavy atom. The summed E-state index contributed by atoms with van der Waals surface area (Å²) in [5.74, 6) is -0.869. The summed E-state index contributed by atoms with van der Waals surface area (Å²) in [5, 5.41) is 6.67. The monoisotopic (exact) mass is 461 g/mol. The molecule has 1 atom stereocenters. The zero-order chi connectivity index (χ0) is 23.6. The van der Waals surface area contributed by atoms with E-state index in [1.165, 1.54) is 12.1 Å². The van der Waals surface area contributed by atoms with Crippen molar-refractivity contribution in [1.29, 1.82) is 0 Å². The quantitative estimate of drug-likeness (QED) is 0.403. The number of benzene rings is 2. The van der Waals surface area contributed by atoms with E-state index in [2.05, 4.69) is 15.4 Å². The number of anilines is 3. The van der Waals surface area contributed by atoms with Crippen LogP contribution < -0.4 is 15.4 Å². The van der Waals surface area contributed by atoms with Gasteiger partial charge in [-0.2, -0.15) is 0 Å². The third-order valence-electron chi connectivity index (χ3n) is 4.71. The fraction of sp³-hybridized carbons (Fsp3) is 0.348. The molecule has 0 fully saturated rings. The van der Waals surface area contributed by atoms with Gasteiger partial charge in [0.1, 0.15) is 17.1 Å². The van der Waals surface area contributed by atoms with Crippen LogP contribution in [0.25, 0.3) is 0 Å². The van der Waals surface area contributed by atoms with E-state index < -0.39 is 27.1 Å². The summed E-state index contributed by atoms with van der Waals surface area (Å²) in [6, 6.07) is 9.59. The minimum absolute atomic E-state index is 0.0437. The third-order valence-corrected chi connectivity index (χ3v) is 6.11. The van der Waals surface area contributed by atoms with Gasteiger partial charge in [-0.15, -0.1) is 0 Å². The number of nitrogens with one attached hydrogen (secondary N) is 3. The first-order chi connectivity index (χ1) is 14.9. The maximum Gasteiger partial charge on any atom is 0.310 e. The number of hydrogen-bond acceptors (Lipinski definition) is 6. The van der Waals surface area contributed by atoms with Gasteiger partial charge in [0.15, 0.2) is 0 Å². The molecule has 0 aliphatic carbocycles. The largest absolute Gasteiger partial charge is 0.460 e. The van der Waals surface area contributed by atoms with Crippen LogP contribution in [0.4, 0.5) is 21.5 Å². The van der Waals surface area contributed by atoms with Crippen LogP contribution in [0.5, 0.6) is 0 Å². The number of halogens is 1. The predicted octanol–water partition coefficient (Wildman–Crippen LogP) is 4.86. The maximum absolute atomic E-state index is 13.1. The maximum atomic E-state index is 13.1. The van der Waals surface area contributed by atoms with E-state index in [9.17, 15) is 17.6 Å². The first kappa shape index (κ1) is 23.6. The number of hydrogen-bond donors (Lipinski definition) is 3. The summed E-state index contributed by atoms with van der Waals surface area (Å²) in [5.41, 5.74) is 0.323. The van der Waals surface area contributed by atoms with Crippen molar-refractivity contribution in [3.63, 3.8) is 0 Å². The molecule has 0 amide bonds. The van der Waals surface area contributed by atoms with Gasteiger partial charge in [-0.3, -0.25) is 9.52 Å². The SMILES string of the molecule is CC=CCC1(CC(=O)OC(C)(C)C)Nc2ccc(NS(=O)(=O)c3ccc(F)cc3)cc2N1. The number of allylic oxidation sites excluding steroid dienone is 1. The number of fused-ring (bicyclic) bond motifs is 1. The highest BCUT2D eigenvalue weighted by molar-refractivity contribution is 7.92. The molecule has 32 heavy (non-hydrogen) atoms. The Morgan fingerprint density at radius 2 is 1.78 bits per heavy atom. The van der Waals surface area contributed by atoms with Crippen LogP contribution in [0.2, 0.25) is 0 Å². The highest BCUT2D eigenvalue weighted by atomic mass is 32.2. The molecule has 0 saturated heterocycles. The molecule has 1 unspecified atom stereocenters. The van der Waals surface area contributed by atoms with Crippen molar-refractivity contribution in [2.75, 3.05) is 15.4 Å². The van der Waals surface area contributed by atoms with Crippen LogP contribution in [0, 0.1) is 5.82 Å². The topological polar surface area (TPSA) is 96.5 Å². The van der Waals surface area contributed by atoms with E-state index in [1.807, 2.05) is 39.8 Å². The summed E-state index contributed by atoms with van der Waals surface area (Å²) in [6.45, 7) is 7.33. The molecule has 172 valence electrons. The molecular formula is C23H28FN3O4S. The van der Waals surface area contributed by atoms with E-state index in [4.69, 9.17) is 4.74 Å². The van der Waals surface area contributed by atoms with Crippen molar-refractivity contribution < 1.29 is 22.3 Å². The zero-order valence-electron chi connectivity index (χ0n) is 18.5. The molecule has 7 nitrogen and oxygen atoms in total. The molecule has 2 aromatic carbocycles. The van der Waals surface area contributed by atoms with Gasteiger partial charge >= 0.3 is 5.97 Å². The van der Waals surface area contributed by atoms with Gasteiger partial charge in [-0.1, -0.05) is 12.2 Å². The Morgan fingerprint density at radius 3 is 2.41 bits per heavy atom. The van der Waals surface area contributed by atoms with Gasteiger partial charge in [-0.05, 0) is 70.2 Å². The van der Waals surface area contributed by atoms with Crippen LogP contribution >= 0.6 is 0 Å². The molecule has 3 N–H and O–H groups in total. The summed E-state index contributed by atoms with van der Waals surface area (Å²) in [4.78, 5) is 12.5. The summed E-state index contributed by atoms with van der Waals surface area (Å²) in [7, 11) is -3.88. The summed E-state index contributed by atoms with van der Waals surface area (Å²) in [6.07, 6.45) is 4.41. The molecule has 1 aliphatic rings. The van der Waals surface area contributed by atoms with Gasteiger partial charge in [0.2, 0.25) is 0 Å². The van der Waals surface area contributed by atoms with Crippen molar-refractivity contribution in [2.24, 2.45) is 0 Å². The van der Waals surface area contributed by atoms with Crippen molar-refractivity contribution >= 4 is 33.1 Å². The first-order valence-electron chi connectivity index (χ1n) is 10.2. The average Bonchev–Trinajstić information content (AvgIpc) is 3.02. The fourth-order valence-electron chi connectivity index (χ4n) is 3.40. The van der Waals surface area contributed by atoms with Gasteiger partial charge in [0, 0.05) is 6.42 Å². The summed E-state index contributed by atoms with van der Waals surface area (Å²) >= 11 is 0. The Bertz CT molecular complexity index is 1120. The Labute approximate surface area is 188 Å². The Hall–Kier alpha value is -3.07. The van der Waals surface area contributed by atoms with Gasteiger partial charge in [0.25, 0.3) is 10.0 Å². The van der Waals surface area contributed by atoms with E-state index in [1.54, 1.807) is 18.2 Å². The standard InChI is InChI=1S/C23H28FN3O4S/c1-5-6-13-23(15-21(28)31-22(2,3)4)25-19-12-9-17(14-20(19)26-23)27-32(29,30)18-10-7-16(24)8-11-18/h5-12,14,25-27H,13,15H2,1-4H3. The van der Waals surface area contributed by atoms with Crippen molar-refractivity contribution in [3.05, 3.63) is 60.4 Å². The van der Waals surface area contributed by atoms with Gasteiger partial charge in [0.05, 0.1) is 28.4 Å². The van der Waals surface area contributed by atoms with Crippen LogP contribution in [0.15, 0.2) is 59.5 Å². The molecule has 3 rings (SSSR count). The van der Waals surface area contributed by atoms with Crippen LogP contribution in [0.3, 0.4) is 0 Å². The Kier molecular flexibility index (Phi) is 6.50.